The summed E-state index contributed by atoms with van der Waals surface area (Å²) < 4.78 is 13.1. The zero-order valence-corrected chi connectivity index (χ0v) is 22.0. The van der Waals surface area contributed by atoms with Crippen molar-refractivity contribution in [2.24, 2.45) is 0 Å². The fourth-order valence-electron chi connectivity index (χ4n) is 3.91. The molecule has 1 heterocycles. The van der Waals surface area contributed by atoms with Crippen LogP contribution in [0.2, 0.25) is 0 Å². The van der Waals surface area contributed by atoms with Gasteiger partial charge < -0.3 is 14.8 Å². The topological polar surface area (TPSA) is 93.4 Å². The number of methoxy groups -OCH3 is 1. The largest absolute Gasteiger partial charge is 0.493 e. The van der Waals surface area contributed by atoms with Gasteiger partial charge in [-0.05, 0) is 54.8 Å². The third-order valence-corrected chi connectivity index (χ3v) is 6.81. The fraction of sp³-hybridized carbons (Fsp3) is 0.167. The maximum atomic E-state index is 13.6. The molecule has 3 aromatic carbocycles. The second-order valence-electron chi connectivity index (χ2n) is 8.21. The van der Waals surface area contributed by atoms with Crippen LogP contribution in [-0.2, 0) is 11.2 Å². The molecule has 0 saturated carbocycles. The van der Waals surface area contributed by atoms with Crippen LogP contribution in [0.25, 0.3) is 17.3 Å². The summed E-state index contributed by atoms with van der Waals surface area (Å²) in [5.41, 5.74) is 1.92. The third-order valence-electron chi connectivity index (χ3n) is 5.72. The van der Waals surface area contributed by atoms with E-state index in [2.05, 4.69) is 5.32 Å². The van der Waals surface area contributed by atoms with Crippen LogP contribution in [0.4, 0.5) is 0 Å². The van der Waals surface area contributed by atoms with Crippen LogP contribution in [0.5, 0.6) is 11.5 Å². The molecule has 0 fully saturated rings. The summed E-state index contributed by atoms with van der Waals surface area (Å²) in [5.74, 6) is 0.625. The number of carbonyl (C=O) groups excluding carboxylic acids is 1. The number of carbonyl (C=O) groups is 1. The predicted molar refractivity (Wildman–Crippen MR) is 149 cm³/mol. The lowest BCUT2D eigenvalue weighted by Gasteiger charge is -2.09. The van der Waals surface area contributed by atoms with E-state index in [0.717, 1.165) is 22.5 Å². The molecule has 192 valence electrons. The number of hydrogen-bond donors (Lipinski definition) is 1. The molecule has 0 aliphatic carbocycles. The van der Waals surface area contributed by atoms with Crippen LogP contribution >= 0.6 is 11.3 Å². The Morgan fingerprint density at radius 3 is 2.42 bits per heavy atom. The molecule has 0 aliphatic heterocycles. The number of nitriles is 1. The van der Waals surface area contributed by atoms with Crippen LogP contribution in [0.15, 0.2) is 83.7 Å². The number of para-hydroxylation sites is 1. The van der Waals surface area contributed by atoms with Crippen molar-refractivity contribution in [2.45, 2.75) is 13.3 Å². The molecular weight excluding hydrogens is 498 g/mol. The molecule has 7 nitrogen and oxygen atoms in total. The van der Waals surface area contributed by atoms with E-state index in [0.29, 0.717) is 41.3 Å². The van der Waals surface area contributed by atoms with E-state index >= 15 is 0 Å². The molecule has 0 radical (unpaired) electrons. The van der Waals surface area contributed by atoms with E-state index in [9.17, 15) is 14.9 Å². The first-order chi connectivity index (χ1) is 18.5. The van der Waals surface area contributed by atoms with Gasteiger partial charge in [0.2, 0.25) is 0 Å². The molecule has 0 unspecified atom stereocenters. The molecule has 1 N–H and O–H groups in total. The summed E-state index contributed by atoms with van der Waals surface area (Å²) >= 11 is 1.10. The molecule has 1 aromatic heterocycles. The van der Waals surface area contributed by atoms with Gasteiger partial charge in [0.1, 0.15) is 10.7 Å². The van der Waals surface area contributed by atoms with Crippen LogP contribution in [0.1, 0.15) is 18.1 Å². The van der Waals surface area contributed by atoms with Crippen LogP contribution in [0, 0.1) is 11.3 Å². The van der Waals surface area contributed by atoms with Crippen molar-refractivity contribution in [3.05, 3.63) is 110 Å². The lowest BCUT2D eigenvalue weighted by molar-refractivity contribution is -0.115. The van der Waals surface area contributed by atoms with Crippen molar-refractivity contribution >= 4 is 28.9 Å². The highest BCUT2D eigenvalue weighted by Gasteiger charge is 2.17. The zero-order chi connectivity index (χ0) is 26.9. The van der Waals surface area contributed by atoms with Crippen molar-refractivity contribution in [3.8, 4) is 23.3 Å². The van der Waals surface area contributed by atoms with Crippen molar-refractivity contribution < 1.29 is 14.3 Å². The second kappa shape index (κ2) is 12.6. The number of rotatable bonds is 9. The van der Waals surface area contributed by atoms with Crippen LogP contribution in [0.3, 0.4) is 0 Å². The highest BCUT2D eigenvalue weighted by atomic mass is 32.1. The van der Waals surface area contributed by atoms with Gasteiger partial charge in [-0.2, -0.15) is 5.26 Å². The monoisotopic (exact) mass is 525 g/mol. The first kappa shape index (κ1) is 26.5. The lowest BCUT2D eigenvalue weighted by Crippen LogP contribution is -2.34. The van der Waals surface area contributed by atoms with Crippen molar-refractivity contribution in [1.29, 1.82) is 5.26 Å². The standard InChI is InChI=1S/C30H27N3O4S/c1-3-37-25-15-14-22(18-26(25)36-2)19-27-29(35)33(23-12-8-5-9-13-23)30(38-27)24(20-31)28(34)32-17-16-21-10-6-4-7-11-21/h4-15,18-19H,3,16-17H2,1-2H3,(H,32,34)/b27-19+,30-24-. The van der Waals surface area contributed by atoms with Gasteiger partial charge in [0, 0.05) is 6.54 Å². The second-order valence-corrected chi connectivity index (χ2v) is 9.24. The van der Waals surface area contributed by atoms with E-state index in [1.165, 1.54) is 4.57 Å². The first-order valence-corrected chi connectivity index (χ1v) is 12.9. The zero-order valence-electron chi connectivity index (χ0n) is 21.1. The molecule has 0 atom stereocenters. The Morgan fingerprint density at radius 1 is 1.05 bits per heavy atom. The minimum atomic E-state index is -0.524. The molecule has 0 aliphatic rings. The Bertz CT molecular complexity index is 1630. The van der Waals surface area contributed by atoms with Crippen molar-refractivity contribution in [2.75, 3.05) is 20.3 Å². The van der Waals surface area contributed by atoms with Gasteiger partial charge in [0.15, 0.2) is 17.1 Å². The quantitative estimate of drug-likeness (QED) is 0.362. The number of nitrogens with zero attached hydrogens (tertiary/aromatic N) is 2. The van der Waals surface area contributed by atoms with E-state index in [1.54, 1.807) is 49.6 Å². The Hall–Kier alpha value is -4.61. The highest BCUT2D eigenvalue weighted by Crippen LogP contribution is 2.28. The summed E-state index contributed by atoms with van der Waals surface area (Å²) in [6.07, 6.45) is 2.34. The summed E-state index contributed by atoms with van der Waals surface area (Å²) in [6, 6.07) is 26.1. The van der Waals surface area contributed by atoms with Gasteiger partial charge in [-0.25, -0.2) is 0 Å². The first-order valence-electron chi connectivity index (χ1n) is 12.1. The number of amides is 1. The Kier molecular flexibility index (Phi) is 8.75. The molecular formula is C30H27N3O4S. The van der Waals surface area contributed by atoms with Crippen LogP contribution < -0.4 is 29.5 Å². The maximum Gasteiger partial charge on any atom is 0.273 e. The molecule has 38 heavy (non-hydrogen) atoms. The average Bonchev–Trinajstić information content (AvgIpc) is 3.26. The molecule has 4 aromatic rings. The van der Waals surface area contributed by atoms with Crippen molar-refractivity contribution in [1.82, 2.24) is 9.88 Å². The lowest BCUT2D eigenvalue weighted by atomic mass is 10.1. The van der Waals surface area contributed by atoms with Gasteiger partial charge in [0.05, 0.1) is 23.9 Å². The van der Waals surface area contributed by atoms with Crippen molar-refractivity contribution in [3.63, 3.8) is 0 Å². The third kappa shape index (κ3) is 6.02. The molecule has 0 bridgehead atoms. The number of aromatic nitrogens is 1. The Balaban J connectivity index is 1.80. The minimum absolute atomic E-state index is 0.118. The number of hydrogen-bond acceptors (Lipinski definition) is 6. The molecule has 0 saturated heterocycles. The number of thiazole rings is 1. The molecule has 8 heteroatoms. The van der Waals surface area contributed by atoms with E-state index in [4.69, 9.17) is 9.47 Å². The number of benzene rings is 3. The Morgan fingerprint density at radius 2 is 1.76 bits per heavy atom. The fourth-order valence-corrected chi connectivity index (χ4v) is 5.01. The van der Waals surface area contributed by atoms with Gasteiger partial charge >= 0.3 is 0 Å². The predicted octanol–water partition coefficient (Wildman–Crippen LogP) is 3.17. The van der Waals surface area contributed by atoms with Gasteiger partial charge in [-0.15, -0.1) is 11.3 Å². The van der Waals surface area contributed by atoms with Gasteiger partial charge in [0.25, 0.3) is 11.5 Å². The smallest absolute Gasteiger partial charge is 0.273 e. The minimum Gasteiger partial charge on any atom is -0.493 e. The SMILES string of the molecule is CCOc1ccc(/C=c2/s/c(=C(/C#N)C(=O)NCCc3ccccc3)n(-c3ccccc3)c2=O)cc1OC. The highest BCUT2D eigenvalue weighted by molar-refractivity contribution is 7.07. The summed E-state index contributed by atoms with van der Waals surface area (Å²) in [6.45, 7) is 2.75. The molecule has 4 rings (SSSR count). The van der Waals surface area contributed by atoms with E-state index < -0.39 is 5.91 Å². The summed E-state index contributed by atoms with van der Waals surface area (Å²) in [4.78, 5) is 26.7. The molecule has 0 spiro atoms. The van der Waals surface area contributed by atoms with Gasteiger partial charge in [-0.3, -0.25) is 14.2 Å². The van der Waals surface area contributed by atoms with E-state index in [-0.39, 0.29) is 15.8 Å². The number of ether oxygens (including phenoxy) is 2. The summed E-state index contributed by atoms with van der Waals surface area (Å²) in [5, 5.41) is 12.8. The summed E-state index contributed by atoms with van der Waals surface area (Å²) in [7, 11) is 1.55. The number of nitrogens with one attached hydrogen (secondary N) is 1. The normalized spacial score (nSPS) is 12.0. The van der Waals surface area contributed by atoms with E-state index in [1.807, 2.05) is 55.5 Å². The Labute approximate surface area is 224 Å². The van der Waals surface area contributed by atoms with Crippen LogP contribution in [-0.4, -0.2) is 30.7 Å². The maximum absolute atomic E-state index is 13.6. The van der Waals surface area contributed by atoms with Gasteiger partial charge in [-0.1, -0.05) is 54.6 Å². The average molecular weight is 526 g/mol. The molecule has 1 amide bonds.